The van der Waals surface area contributed by atoms with Crippen LogP contribution in [0.2, 0.25) is 0 Å². The summed E-state index contributed by atoms with van der Waals surface area (Å²) < 4.78 is 0. The SMILES string of the molecule is C#CCCCCC(=O)NC(CO)CC(C)C. The maximum Gasteiger partial charge on any atom is 0.220 e. The van der Waals surface area contributed by atoms with E-state index in [-0.39, 0.29) is 18.6 Å². The van der Waals surface area contributed by atoms with Crippen LogP contribution in [0.4, 0.5) is 0 Å². The lowest BCUT2D eigenvalue weighted by molar-refractivity contribution is -0.122. The van der Waals surface area contributed by atoms with Crippen LogP contribution in [-0.4, -0.2) is 23.7 Å². The van der Waals surface area contributed by atoms with Crippen LogP contribution in [-0.2, 0) is 4.79 Å². The van der Waals surface area contributed by atoms with Crippen LogP contribution in [0, 0.1) is 18.3 Å². The van der Waals surface area contributed by atoms with E-state index in [4.69, 9.17) is 11.5 Å². The minimum Gasteiger partial charge on any atom is -0.394 e. The van der Waals surface area contributed by atoms with Gasteiger partial charge in [0, 0.05) is 12.8 Å². The van der Waals surface area contributed by atoms with Gasteiger partial charge in [-0.1, -0.05) is 13.8 Å². The van der Waals surface area contributed by atoms with Gasteiger partial charge in [-0.05, 0) is 25.2 Å². The Morgan fingerprint density at radius 2 is 2.12 bits per heavy atom. The molecule has 0 heterocycles. The monoisotopic (exact) mass is 225 g/mol. The molecule has 0 aliphatic carbocycles. The Morgan fingerprint density at radius 3 is 2.62 bits per heavy atom. The smallest absolute Gasteiger partial charge is 0.220 e. The van der Waals surface area contributed by atoms with Crippen LogP contribution in [0.15, 0.2) is 0 Å². The van der Waals surface area contributed by atoms with Gasteiger partial charge in [0.05, 0.1) is 12.6 Å². The lowest BCUT2D eigenvalue weighted by Crippen LogP contribution is -2.38. The molecular formula is C13H23NO2. The van der Waals surface area contributed by atoms with Crippen LogP contribution in [0.5, 0.6) is 0 Å². The Kier molecular flexibility index (Phi) is 8.65. The van der Waals surface area contributed by atoms with Crippen LogP contribution >= 0.6 is 0 Å². The van der Waals surface area contributed by atoms with Gasteiger partial charge in [0.25, 0.3) is 0 Å². The highest BCUT2D eigenvalue weighted by atomic mass is 16.3. The quantitative estimate of drug-likeness (QED) is 0.488. The molecule has 2 N–H and O–H groups in total. The summed E-state index contributed by atoms with van der Waals surface area (Å²) in [5, 5.41) is 11.9. The summed E-state index contributed by atoms with van der Waals surface area (Å²) in [6.07, 6.45) is 8.85. The van der Waals surface area contributed by atoms with Gasteiger partial charge in [0.1, 0.15) is 0 Å². The molecule has 92 valence electrons. The molecule has 3 nitrogen and oxygen atoms in total. The Labute approximate surface area is 98.6 Å². The molecule has 0 aromatic carbocycles. The molecule has 1 amide bonds. The number of aliphatic hydroxyl groups excluding tert-OH is 1. The molecular weight excluding hydrogens is 202 g/mol. The van der Waals surface area contributed by atoms with Crippen molar-refractivity contribution in [2.24, 2.45) is 5.92 Å². The van der Waals surface area contributed by atoms with Gasteiger partial charge in [-0.2, -0.15) is 0 Å². The fourth-order valence-corrected chi connectivity index (χ4v) is 1.56. The standard InChI is InChI=1S/C13H23NO2/c1-4-5-6-7-8-13(16)14-12(10-15)9-11(2)3/h1,11-12,15H,5-10H2,2-3H3,(H,14,16). The van der Waals surface area contributed by atoms with E-state index in [1.807, 2.05) is 0 Å². The molecule has 0 saturated carbocycles. The predicted molar refractivity (Wildman–Crippen MR) is 65.8 cm³/mol. The zero-order valence-corrected chi connectivity index (χ0v) is 10.3. The third-order valence-electron chi connectivity index (χ3n) is 2.32. The lowest BCUT2D eigenvalue weighted by atomic mass is 10.0. The van der Waals surface area contributed by atoms with E-state index in [2.05, 4.69) is 25.1 Å². The van der Waals surface area contributed by atoms with Crippen LogP contribution in [0.25, 0.3) is 0 Å². The average Bonchev–Trinajstić information content (AvgIpc) is 2.23. The molecule has 0 spiro atoms. The summed E-state index contributed by atoms with van der Waals surface area (Å²) >= 11 is 0. The van der Waals surface area contributed by atoms with E-state index >= 15 is 0 Å². The first-order valence-corrected chi connectivity index (χ1v) is 5.93. The van der Waals surface area contributed by atoms with Gasteiger partial charge in [-0.25, -0.2) is 0 Å². The summed E-state index contributed by atoms with van der Waals surface area (Å²) in [6.45, 7) is 4.15. The summed E-state index contributed by atoms with van der Waals surface area (Å²) in [7, 11) is 0. The Bertz CT molecular complexity index is 231. The van der Waals surface area contributed by atoms with Crippen molar-refractivity contribution in [2.45, 2.75) is 52.0 Å². The topological polar surface area (TPSA) is 49.3 Å². The number of amides is 1. The molecule has 0 fully saturated rings. The minimum atomic E-state index is -0.111. The van der Waals surface area contributed by atoms with Crippen molar-refractivity contribution < 1.29 is 9.90 Å². The van der Waals surface area contributed by atoms with E-state index in [1.54, 1.807) is 0 Å². The van der Waals surface area contributed by atoms with Gasteiger partial charge < -0.3 is 10.4 Å². The fourth-order valence-electron chi connectivity index (χ4n) is 1.56. The zero-order valence-electron chi connectivity index (χ0n) is 10.3. The molecule has 0 saturated heterocycles. The van der Waals surface area contributed by atoms with Crippen molar-refractivity contribution in [3.63, 3.8) is 0 Å². The van der Waals surface area contributed by atoms with Gasteiger partial charge in [0.2, 0.25) is 5.91 Å². The highest BCUT2D eigenvalue weighted by Gasteiger charge is 2.12. The molecule has 0 bridgehead atoms. The summed E-state index contributed by atoms with van der Waals surface area (Å²) in [5.41, 5.74) is 0. The van der Waals surface area contributed by atoms with E-state index in [0.717, 1.165) is 25.7 Å². The molecule has 1 atom stereocenters. The maximum atomic E-state index is 11.5. The number of hydrogen-bond acceptors (Lipinski definition) is 2. The minimum absolute atomic E-state index is 0.00821. The maximum absolute atomic E-state index is 11.5. The third kappa shape index (κ3) is 8.31. The van der Waals surface area contributed by atoms with Crippen molar-refractivity contribution >= 4 is 5.91 Å². The lowest BCUT2D eigenvalue weighted by Gasteiger charge is -2.18. The second-order valence-electron chi connectivity index (χ2n) is 4.49. The number of unbranched alkanes of at least 4 members (excludes halogenated alkanes) is 2. The molecule has 0 aliphatic heterocycles. The summed E-state index contributed by atoms with van der Waals surface area (Å²) in [5.74, 6) is 3.03. The second kappa shape index (κ2) is 9.23. The van der Waals surface area contributed by atoms with Gasteiger partial charge >= 0.3 is 0 Å². The first-order chi connectivity index (χ1) is 7.60. The highest BCUT2D eigenvalue weighted by Crippen LogP contribution is 2.05. The first kappa shape index (κ1) is 15.0. The van der Waals surface area contributed by atoms with Crippen molar-refractivity contribution in [3.8, 4) is 12.3 Å². The fraction of sp³-hybridized carbons (Fsp3) is 0.769. The van der Waals surface area contributed by atoms with Crippen LogP contribution < -0.4 is 5.32 Å². The predicted octanol–water partition coefficient (Wildman–Crippen LogP) is 1.70. The largest absolute Gasteiger partial charge is 0.394 e. The molecule has 16 heavy (non-hydrogen) atoms. The second-order valence-corrected chi connectivity index (χ2v) is 4.49. The van der Waals surface area contributed by atoms with Gasteiger partial charge in [-0.15, -0.1) is 12.3 Å². The average molecular weight is 225 g/mol. The molecule has 3 heteroatoms. The summed E-state index contributed by atoms with van der Waals surface area (Å²) in [4.78, 5) is 11.5. The van der Waals surface area contributed by atoms with E-state index < -0.39 is 0 Å². The summed E-state index contributed by atoms with van der Waals surface area (Å²) in [6, 6.07) is -0.111. The number of carbonyl (C=O) groups is 1. The highest BCUT2D eigenvalue weighted by molar-refractivity contribution is 5.76. The van der Waals surface area contributed by atoms with E-state index in [9.17, 15) is 4.79 Å². The number of rotatable bonds is 8. The Balaban J connectivity index is 3.71. The number of nitrogens with one attached hydrogen (secondary N) is 1. The molecule has 0 aromatic rings. The van der Waals surface area contributed by atoms with Crippen molar-refractivity contribution in [1.82, 2.24) is 5.32 Å². The van der Waals surface area contributed by atoms with Crippen LogP contribution in [0.1, 0.15) is 46.0 Å². The number of hydrogen-bond donors (Lipinski definition) is 2. The number of carbonyl (C=O) groups excluding carboxylic acids is 1. The van der Waals surface area contributed by atoms with Crippen LogP contribution in [0.3, 0.4) is 0 Å². The molecule has 0 rings (SSSR count). The third-order valence-corrected chi connectivity index (χ3v) is 2.32. The Hall–Kier alpha value is -1.01. The van der Waals surface area contributed by atoms with Crippen molar-refractivity contribution in [2.75, 3.05) is 6.61 Å². The first-order valence-electron chi connectivity index (χ1n) is 5.93. The van der Waals surface area contributed by atoms with E-state index in [1.165, 1.54) is 0 Å². The Morgan fingerprint density at radius 1 is 1.44 bits per heavy atom. The molecule has 1 unspecified atom stereocenters. The number of aliphatic hydroxyl groups is 1. The number of terminal acetylenes is 1. The molecule has 0 aromatic heterocycles. The van der Waals surface area contributed by atoms with Crippen molar-refractivity contribution in [3.05, 3.63) is 0 Å². The van der Waals surface area contributed by atoms with Gasteiger partial charge in [0.15, 0.2) is 0 Å². The van der Waals surface area contributed by atoms with E-state index in [0.29, 0.717) is 12.3 Å². The normalized spacial score (nSPS) is 12.2. The molecule has 0 radical (unpaired) electrons. The molecule has 0 aliphatic rings. The van der Waals surface area contributed by atoms with Gasteiger partial charge in [-0.3, -0.25) is 4.79 Å². The van der Waals surface area contributed by atoms with Crippen molar-refractivity contribution in [1.29, 1.82) is 0 Å². The zero-order chi connectivity index (χ0) is 12.4.